The molecule has 3 heteroatoms. The van der Waals surface area contributed by atoms with Crippen molar-refractivity contribution in [2.45, 2.75) is 0 Å². The Hall–Kier alpha value is -0.0717. The second-order valence-corrected chi connectivity index (χ2v) is 2.62. The molecule has 0 amide bonds. The maximum absolute atomic E-state index is 4.12. The van der Waals surface area contributed by atoms with E-state index in [0.717, 1.165) is 18.8 Å². The predicted molar refractivity (Wildman–Crippen MR) is 34.2 cm³/mol. The fourth-order valence-electron chi connectivity index (χ4n) is 0.620. The third-order valence-corrected chi connectivity index (χ3v) is 1.44. The first kappa shape index (κ1) is 7.04. The molecule has 1 rings (SSSR count). The van der Waals surface area contributed by atoms with E-state index in [1.807, 2.05) is 10.6 Å². The van der Waals surface area contributed by atoms with E-state index < -0.39 is 0 Å². The van der Waals surface area contributed by atoms with Gasteiger partial charge in [-0.2, -0.15) is 0 Å². The van der Waals surface area contributed by atoms with Crippen LogP contribution in [0.25, 0.3) is 0 Å². The summed E-state index contributed by atoms with van der Waals surface area (Å²) in [7, 11) is 0. The first-order valence-electron chi connectivity index (χ1n) is 2.72. The summed E-state index contributed by atoms with van der Waals surface area (Å²) in [4.78, 5) is 4.12. The summed E-state index contributed by atoms with van der Waals surface area (Å²) in [5.41, 5.74) is 1.03. The van der Waals surface area contributed by atoms with Crippen LogP contribution >= 0.6 is 0 Å². The molecule has 0 aromatic carbocycles. The minimum atomic E-state index is 0.850. The summed E-state index contributed by atoms with van der Waals surface area (Å²) in [6.07, 6.45) is 4.91. The van der Waals surface area contributed by atoms with Crippen LogP contribution in [0.2, 0.25) is 0 Å². The van der Waals surface area contributed by atoms with Gasteiger partial charge in [0.1, 0.15) is 0 Å². The van der Waals surface area contributed by atoms with Gasteiger partial charge in [-0.1, -0.05) is 0 Å². The molecular formula is C6H7N2W-. The molecule has 1 aliphatic heterocycles. The van der Waals surface area contributed by atoms with Crippen molar-refractivity contribution < 1.29 is 19.4 Å². The third kappa shape index (κ3) is 2.33. The Kier molecular flexibility index (Phi) is 3.02. The number of hydrogen-bond acceptors (Lipinski definition) is 2. The Morgan fingerprint density at radius 3 is 3.22 bits per heavy atom. The molecule has 0 fully saturated rings. The SMILES string of the molecule is [W]=[CH]C=NC1=[C-]CNC1. The molecule has 1 aliphatic rings. The maximum atomic E-state index is 4.12. The van der Waals surface area contributed by atoms with Crippen LogP contribution in [-0.2, 0) is 19.4 Å². The van der Waals surface area contributed by atoms with Crippen molar-refractivity contribution in [1.29, 1.82) is 0 Å². The van der Waals surface area contributed by atoms with Gasteiger partial charge in [0.15, 0.2) is 0 Å². The molecule has 48 valence electrons. The van der Waals surface area contributed by atoms with Crippen LogP contribution in [0.4, 0.5) is 0 Å². The van der Waals surface area contributed by atoms with Gasteiger partial charge in [0.2, 0.25) is 0 Å². The van der Waals surface area contributed by atoms with Gasteiger partial charge in [0.25, 0.3) is 0 Å². The number of aliphatic imine (C=N–C) groups is 1. The van der Waals surface area contributed by atoms with Gasteiger partial charge in [-0.15, -0.1) is 0 Å². The van der Waals surface area contributed by atoms with E-state index in [9.17, 15) is 0 Å². The fraction of sp³-hybridized carbons (Fsp3) is 0.333. The molecule has 1 N–H and O–H groups in total. The van der Waals surface area contributed by atoms with Crippen molar-refractivity contribution >= 4 is 10.6 Å². The summed E-state index contributed by atoms with van der Waals surface area (Å²) in [5.74, 6) is 0. The quantitative estimate of drug-likeness (QED) is 0.548. The van der Waals surface area contributed by atoms with E-state index in [2.05, 4.69) is 16.4 Å². The monoisotopic (exact) mass is 291 g/mol. The van der Waals surface area contributed by atoms with Crippen LogP contribution < -0.4 is 5.32 Å². The van der Waals surface area contributed by atoms with Crippen molar-refractivity contribution in [3.63, 3.8) is 0 Å². The van der Waals surface area contributed by atoms with E-state index in [-0.39, 0.29) is 0 Å². The number of hydrogen-bond donors (Lipinski definition) is 1. The molecule has 9 heavy (non-hydrogen) atoms. The van der Waals surface area contributed by atoms with Gasteiger partial charge in [-0.25, -0.2) is 0 Å². The van der Waals surface area contributed by atoms with Gasteiger partial charge in [0, 0.05) is 0 Å². The Morgan fingerprint density at radius 2 is 2.67 bits per heavy atom. The Labute approximate surface area is 65.5 Å². The van der Waals surface area contributed by atoms with Gasteiger partial charge >= 0.3 is 65.1 Å². The first-order valence-corrected chi connectivity index (χ1v) is 4.41. The van der Waals surface area contributed by atoms with Crippen LogP contribution in [-0.4, -0.2) is 23.7 Å². The zero-order chi connectivity index (χ0) is 6.53. The molecule has 1 heterocycles. The Morgan fingerprint density at radius 1 is 1.78 bits per heavy atom. The summed E-state index contributed by atoms with van der Waals surface area (Å²) in [6, 6.07) is 0. The van der Waals surface area contributed by atoms with Gasteiger partial charge < -0.3 is 0 Å². The zero-order valence-electron chi connectivity index (χ0n) is 4.92. The normalized spacial score (nSPS) is 18.4. The van der Waals surface area contributed by atoms with Crippen LogP contribution in [0.3, 0.4) is 0 Å². The molecule has 0 saturated heterocycles. The second kappa shape index (κ2) is 3.86. The van der Waals surface area contributed by atoms with Crippen LogP contribution in [0.1, 0.15) is 0 Å². The van der Waals surface area contributed by atoms with E-state index in [0.29, 0.717) is 0 Å². The molecule has 0 bridgehead atoms. The summed E-state index contributed by atoms with van der Waals surface area (Å²) < 4.78 is 1.99. The standard InChI is InChI=1S/C6H7N2.W/c1-2-8-6-3-4-7-5-6;/h1-2,7H,4-5H2;/q-1;. The van der Waals surface area contributed by atoms with Crippen molar-refractivity contribution in [2.24, 2.45) is 4.99 Å². The molecule has 0 unspecified atom stereocenters. The van der Waals surface area contributed by atoms with Crippen LogP contribution in [0.15, 0.2) is 10.7 Å². The van der Waals surface area contributed by atoms with Crippen LogP contribution in [0.5, 0.6) is 0 Å². The van der Waals surface area contributed by atoms with Gasteiger partial charge in [0.05, 0.1) is 0 Å². The third-order valence-electron chi connectivity index (χ3n) is 1.00. The minimum absolute atomic E-state index is 0.850. The van der Waals surface area contributed by atoms with Crippen molar-refractivity contribution in [2.75, 3.05) is 13.1 Å². The van der Waals surface area contributed by atoms with E-state index in [4.69, 9.17) is 0 Å². The summed E-state index contributed by atoms with van der Waals surface area (Å²) in [5, 5.41) is 3.11. The average molecular weight is 291 g/mol. The molecule has 0 atom stereocenters. The molecule has 0 radical (unpaired) electrons. The van der Waals surface area contributed by atoms with Crippen LogP contribution in [0, 0.1) is 6.08 Å². The Balaban J connectivity index is 2.42. The molecular weight excluding hydrogens is 284 g/mol. The van der Waals surface area contributed by atoms with E-state index >= 15 is 0 Å². The zero-order valence-corrected chi connectivity index (χ0v) is 7.86. The van der Waals surface area contributed by atoms with E-state index in [1.54, 1.807) is 0 Å². The second-order valence-electron chi connectivity index (χ2n) is 1.64. The summed E-state index contributed by atoms with van der Waals surface area (Å²) >= 11 is 1.43. The first-order chi connectivity index (χ1) is 4.43. The molecule has 0 aromatic rings. The Bertz CT molecular complexity index is 160. The topological polar surface area (TPSA) is 24.4 Å². The molecule has 0 spiro atoms. The molecule has 0 aromatic heterocycles. The average Bonchev–Trinajstić information content (AvgIpc) is 2.34. The fourth-order valence-corrected chi connectivity index (χ4v) is 0.838. The molecule has 0 aliphatic carbocycles. The number of rotatable bonds is 2. The molecule has 0 saturated carbocycles. The van der Waals surface area contributed by atoms with Crippen molar-refractivity contribution in [3.8, 4) is 0 Å². The van der Waals surface area contributed by atoms with Crippen molar-refractivity contribution in [3.05, 3.63) is 11.8 Å². The van der Waals surface area contributed by atoms with Gasteiger partial charge in [-0.05, 0) is 0 Å². The summed E-state index contributed by atoms with van der Waals surface area (Å²) in [6.45, 7) is 1.73. The number of nitrogens with zero attached hydrogens (tertiary/aromatic N) is 1. The van der Waals surface area contributed by atoms with E-state index in [1.165, 1.54) is 19.4 Å². The van der Waals surface area contributed by atoms with Gasteiger partial charge in [-0.3, -0.25) is 0 Å². The molecule has 2 nitrogen and oxygen atoms in total. The predicted octanol–water partition coefficient (Wildman–Crippen LogP) is -0.304. The van der Waals surface area contributed by atoms with Crippen molar-refractivity contribution in [1.82, 2.24) is 5.32 Å². The number of nitrogens with one attached hydrogen (secondary N) is 1.